The third kappa shape index (κ3) is 4.66. The van der Waals surface area contributed by atoms with Gasteiger partial charge in [0.05, 0.1) is 16.1 Å². The van der Waals surface area contributed by atoms with Crippen molar-refractivity contribution in [3.05, 3.63) is 99.4 Å². The predicted octanol–water partition coefficient (Wildman–Crippen LogP) is 5.55. The molecule has 154 valence electrons. The fraction of sp³-hybridized carbons (Fsp3) is 0.0417. The molecule has 1 heterocycles. The van der Waals surface area contributed by atoms with Gasteiger partial charge in [0.25, 0.3) is 5.91 Å². The van der Waals surface area contributed by atoms with Gasteiger partial charge in [-0.05, 0) is 66.7 Å². The van der Waals surface area contributed by atoms with Crippen molar-refractivity contribution in [1.29, 1.82) is 0 Å². The smallest absolute Gasteiger partial charge is 0.344 e. The molecule has 0 aliphatic carbocycles. The second kappa shape index (κ2) is 8.71. The van der Waals surface area contributed by atoms with Gasteiger partial charge in [0.15, 0.2) is 5.11 Å². The number of amides is 1. The lowest BCUT2D eigenvalue weighted by Crippen LogP contribution is -2.34. The van der Waals surface area contributed by atoms with E-state index in [0.717, 1.165) is 10.9 Å². The molecule has 0 spiro atoms. The number of hydrogen-bond acceptors (Lipinski definition) is 4. The Morgan fingerprint density at radius 1 is 1.00 bits per heavy atom. The van der Waals surface area contributed by atoms with Gasteiger partial charge in [0.1, 0.15) is 5.58 Å². The number of anilines is 1. The van der Waals surface area contributed by atoms with Crippen molar-refractivity contribution in [3.8, 4) is 11.1 Å². The quantitative estimate of drug-likeness (QED) is 0.317. The summed E-state index contributed by atoms with van der Waals surface area (Å²) in [7, 11) is 0. The van der Waals surface area contributed by atoms with Gasteiger partial charge in [0.2, 0.25) is 0 Å². The molecule has 7 heteroatoms. The van der Waals surface area contributed by atoms with Crippen LogP contribution in [0.3, 0.4) is 0 Å². The number of para-hydroxylation sites is 1. The van der Waals surface area contributed by atoms with E-state index < -0.39 is 11.5 Å². The molecular weight excluding hydrogens is 432 g/mol. The van der Waals surface area contributed by atoms with Crippen LogP contribution >= 0.6 is 23.8 Å². The first kappa shape index (κ1) is 20.8. The van der Waals surface area contributed by atoms with Gasteiger partial charge in [0, 0.05) is 11.1 Å². The van der Waals surface area contributed by atoms with Gasteiger partial charge >= 0.3 is 5.63 Å². The van der Waals surface area contributed by atoms with Crippen LogP contribution in [0, 0.1) is 6.92 Å². The number of fused-ring (bicyclic) bond motifs is 1. The van der Waals surface area contributed by atoms with E-state index >= 15 is 0 Å². The summed E-state index contributed by atoms with van der Waals surface area (Å²) in [5.74, 6) is -0.395. The molecule has 4 rings (SSSR count). The van der Waals surface area contributed by atoms with E-state index in [1.54, 1.807) is 54.6 Å². The van der Waals surface area contributed by atoms with Crippen LogP contribution in [0.5, 0.6) is 0 Å². The minimum absolute atomic E-state index is 0.139. The number of hydrogen-bond donors (Lipinski definition) is 2. The third-order valence-corrected chi connectivity index (χ3v) is 5.21. The van der Waals surface area contributed by atoms with E-state index in [9.17, 15) is 9.59 Å². The van der Waals surface area contributed by atoms with Crippen LogP contribution in [0.2, 0.25) is 5.02 Å². The minimum Gasteiger partial charge on any atom is -0.422 e. The number of benzene rings is 3. The van der Waals surface area contributed by atoms with Crippen LogP contribution in [0.15, 0.2) is 82.0 Å². The number of rotatable bonds is 3. The maximum absolute atomic E-state index is 12.4. The zero-order valence-electron chi connectivity index (χ0n) is 16.4. The lowest BCUT2D eigenvalue weighted by molar-refractivity contribution is 0.0978. The van der Waals surface area contributed by atoms with E-state index in [1.165, 1.54) is 0 Å². The average Bonchev–Trinajstić information content (AvgIpc) is 2.73. The summed E-state index contributed by atoms with van der Waals surface area (Å²) in [4.78, 5) is 24.7. The molecule has 2 N–H and O–H groups in total. The number of carbonyl (C=O) groups excluding carboxylic acids is 1. The molecule has 0 radical (unpaired) electrons. The molecule has 0 unspecified atom stereocenters. The molecule has 31 heavy (non-hydrogen) atoms. The number of thiocarbonyl (C=S) groups is 1. The van der Waals surface area contributed by atoms with Crippen LogP contribution in [0.1, 0.15) is 15.9 Å². The summed E-state index contributed by atoms with van der Waals surface area (Å²) in [5, 5.41) is 6.91. The predicted molar refractivity (Wildman–Crippen MR) is 128 cm³/mol. The Labute approximate surface area is 188 Å². The minimum atomic E-state index is -0.405. The van der Waals surface area contributed by atoms with Crippen LogP contribution in [-0.2, 0) is 0 Å². The highest BCUT2D eigenvalue weighted by Crippen LogP contribution is 2.23. The highest BCUT2D eigenvalue weighted by Gasteiger charge is 2.12. The first-order valence-electron chi connectivity index (χ1n) is 9.42. The van der Waals surface area contributed by atoms with Crippen molar-refractivity contribution in [1.82, 2.24) is 5.32 Å². The summed E-state index contributed by atoms with van der Waals surface area (Å²) in [6.45, 7) is 1.89. The summed E-state index contributed by atoms with van der Waals surface area (Å²) in [6, 6.07) is 21.4. The lowest BCUT2D eigenvalue weighted by Gasteiger charge is -2.11. The van der Waals surface area contributed by atoms with Crippen molar-refractivity contribution >= 4 is 51.5 Å². The number of halogens is 1. The normalized spacial score (nSPS) is 10.6. The second-order valence-corrected chi connectivity index (χ2v) is 7.77. The molecule has 0 aliphatic heterocycles. The Balaban J connectivity index is 1.47. The van der Waals surface area contributed by atoms with Crippen LogP contribution in [0.4, 0.5) is 5.69 Å². The highest BCUT2D eigenvalue weighted by molar-refractivity contribution is 7.80. The fourth-order valence-corrected chi connectivity index (χ4v) is 3.66. The molecule has 0 aliphatic rings. The topological polar surface area (TPSA) is 71.3 Å². The monoisotopic (exact) mass is 448 g/mol. The molecule has 4 aromatic rings. The van der Waals surface area contributed by atoms with Crippen molar-refractivity contribution in [3.63, 3.8) is 0 Å². The molecule has 1 amide bonds. The Morgan fingerprint density at radius 3 is 2.48 bits per heavy atom. The molecule has 0 atom stereocenters. The first-order chi connectivity index (χ1) is 14.9. The maximum atomic E-state index is 12.4. The summed E-state index contributed by atoms with van der Waals surface area (Å²) < 4.78 is 5.39. The van der Waals surface area contributed by atoms with Gasteiger partial charge < -0.3 is 9.73 Å². The molecular formula is C24H17ClN2O3S. The van der Waals surface area contributed by atoms with Crippen LogP contribution in [0.25, 0.3) is 22.1 Å². The molecule has 0 saturated heterocycles. The van der Waals surface area contributed by atoms with Crippen LogP contribution in [-0.4, -0.2) is 11.0 Å². The van der Waals surface area contributed by atoms with E-state index in [2.05, 4.69) is 10.6 Å². The van der Waals surface area contributed by atoms with Crippen molar-refractivity contribution < 1.29 is 9.21 Å². The van der Waals surface area contributed by atoms with Gasteiger partial charge in [-0.15, -0.1) is 0 Å². The van der Waals surface area contributed by atoms with E-state index in [1.807, 2.05) is 25.1 Å². The molecule has 0 fully saturated rings. The molecule has 3 aromatic carbocycles. The SMILES string of the molecule is Cc1ccc(C(=O)NC(=S)Nc2ccc(-c3cc4ccccc4oc3=O)cc2)c(Cl)c1. The van der Waals surface area contributed by atoms with E-state index in [-0.39, 0.29) is 5.11 Å². The van der Waals surface area contributed by atoms with Gasteiger partial charge in [-0.2, -0.15) is 0 Å². The maximum Gasteiger partial charge on any atom is 0.344 e. The molecule has 1 aromatic heterocycles. The van der Waals surface area contributed by atoms with Gasteiger partial charge in [-0.25, -0.2) is 4.79 Å². The van der Waals surface area contributed by atoms with E-state index in [0.29, 0.717) is 33.0 Å². The summed E-state index contributed by atoms with van der Waals surface area (Å²) in [5.41, 5.74) is 3.29. The Bertz CT molecular complexity index is 1360. The number of aryl methyl sites for hydroxylation is 1. The summed E-state index contributed by atoms with van der Waals surface area (Å²) in [6.07, 6.45) is 0. The Hall–Kier alpha value is -3.48. The summed E-state index contributed by atoms with van der Waals surface area (Å²) >= 11 is 11.4. The molecule has 0 bridgehead atoms. The van der Waals surface area contributed by atoms with Gasteiger partial charge in [-0.3, -0.25) is 10.1 Å². The Kier molecular flexibility index (Phi) is 5.84. The van der Waals surface area contributed by atoms with E-state index in [4.69, 9.17) is 28.2 Å². The average molecular weight is 449 g/mol. The third-order valence-electron chi connectivity index (χ3n) is 4.69. The van der Waals surface area contributed by atoms with Crippen molar-refractivity contribution in [2.45, 2.75) is 6.92 Å². The number of nitrogens with one attached hydrogen (secondary N) is 2. The van der Waals surface area contributed by atoms with Crippen molar-refractivity contribution in [2.24, 2.45) is 0 Å². The highest BCUT2D eigenvalue weighted by atomic mass is 35.5. The fourth-order valence-electron chi connectivity index (χ4n) is 3.13. The van der Waals surface area contributed by atoms with Crippen LogP contribution < -0.4 is 16.3 Å². The Morgan fingerprint density at radius 2 is 1.74 bits per heavy atom. The largest absolute Gasteiger partial charge is 0.422 e. The number of carbonyl (C=O) groups is 1. The zero-order chi connectivity index (χ0) is 22.0. The first-order valence-corrected chi connectivity index (χ1v) is 10.2. The van der Waals surface area contributed by atoms with Gasteiger partial charge in [-0.1, -0.05) is 48.0 Å². The van der Waals surface area contributed by atoms with Crippen molar-refractivity contribution in [2.75, 3.05) is 5.32 Å². The lowest BCUT2D eigenvalue weighted by atomic mass is 10.1. The molecule has 0 saturated carbocycles. The zero-order valence-corrected chi connectivity index (χ0v) is 18.0. The standard InChI is InChI=1S/C24H17ClN2O3S/c1-14-6-11-18(20(25)12-14)22(28)27-24(31)26-17-9-7-15(8-10-17)19-13-16-4-2-3-5-21(16)30-23(19)29/h2-13H,1H3,(H2,26,27,28,31). The molecule has 5 nitrogen and oxygen atoms in total. The second-order valence-electron chi connectivity index (χ2n) is 6.95.